The fourth-order valence-electron chi connectivity index (χ4n) is 3.28. The zero-order valence-corrected chi connectivity index (χ0v) is 18.9. The van der Waals surface area contributed by atoms with Crippen molar-refractivity contribution in [1.82, 2.24) is 15.3 Å². The number of carboxylic acids is 2. The Morgan fingerprint density at radius 2 is 1.82 bits per heavy atom. The minimum absolute atomic E-state index is 0.0241. The molecule has 12 heteroatoms. The number of anilines is 2. The average molecular weight is 478 g/mol. The molecule has 1 aromatic carbocycles. The number of nitrogens with zero attached hydrogens (tertiary/aromatic N) is 1. The van der Waals surface area contributed by atoms with Crippen LogP contribution in [0.25, 0.3) is 0 Å². The van der Waals surface area contributed by atoms with E-state index >= 15 is 0 Å². The van der Waals surface area contributed by atoms with Gasteiger partial charge in [-0.1, -0.05) is 12.1 Å². The number of nitrogens with one attached hydrogen (secondary N) is 2. The van der Waals surface area contributed by atoms with Crippen molar-refractivity contribution in [3.05, 3.63) is 51.3 Å². The number of H-pyrrole nitrogens is 1. The number of aromatic amines is 1. The first-order chi connectivity index (χ1) is 15.6. The minimum atomic E-state index is -1.29. The molecule has 0 unspecified atom stereocenters. The number of carbonyl (C=O) groups excluding carboxylic acids is 1. The Morgan fingerprint density at radius 1 is 1.15 bits per heavy atom. The minimum Gasteiger partial charge on any atom is -0.481 e. The molecule has 2 rings (SSSR count). The lowest BCUT2D eigenvalue weighted by Crippen LogP contribution is -2.41. The second kappa shape index (κ2) is 11.9. The van der Waals surface area contributed by atoms with E-state index in [-0.39, 0.29) is 41.0 Å². The number of rotatable bonds is 12. The molecule has 2 atom stereocenters. The summed E-state index contributed by atoms with van der Waals surface area (Å²) in [6, 6.07) is 5.47. The molecule has 178 valence electrons. The predicted octanol–water partition coefficient (Wildman–Crippen LogP) is 1.41. The number of benzene rings is 1. The Morgan fingerprint density at radius 3 is 2.36 bits per heavy atom. The maximum Gasteiger partial charge on any atom is 0.326 e. The highest BCUT2D eigenvalue weighted by Crippen LogP contribution is 2.32. The van der Waals surface area contributed by atoms with Gasteiger partial charge in [-0.2, -0.15) is 16.7 Å². The van der Waals surface area contributed by atoms with Crippen LogP contribution in [0.5, 0.6) is 0 Å². The first-order valence-electron chi connectivity index (χ1n) is 10.1. The maximum absolute atomic E-state index is 12.4. The summed E-state index contributed by atoms with van der Waals surface area (Å²) in [7, 11) is 0. The third kappa shape index (κ3) is 7.52. The van der Waals surface area contributed by atoms with E-state index in [4.69, 9.17) is 16.6 Å². The largest absolute Gasteiger partial charge is 0.481 e. The highest BCUT2D eigenvalue weighted by molar-refractivity contribution is 7.98. The van der Waals surface area contributed by atoms with Gasteiger partial charge in [0, 0.05) is 17.2 Å². The molecular formula is C21H27N5O6S. The van der Waals surface area contributed by atoms with E-state index in [1.54, 1.807) is 36.0 Å². The number of hydrogen-bond donors (Lipinski definition) is 6. The van der Waals surface area contributed by atoms with Crippen LogP contribution in [0.3, 0.4) is 0 Å². The molecule has 33 heavy (non-hydrogen) atoms. The molecule has 0 aliphatic heterocycles. The molecule has 1 aromatic heterocycles. The second-order valence-electron chi connectivity index (χ2n) is 7.35. The van der Waals surface area contributed by atoms with E-state index in [0.717, 1.165) is 12.0 Å². The van der Waals surface area contributed by atoms with Crippen LogP contribution in [0.2, 0.25) is 0 Å². The zero-order valence-electron chi connectivity index (χ0n) is 18.0. The van der Waals surface area contributed by atoms with Crippen molar-refractivity contribution in [1.29, 1.82) is 0 Å². The van der Waals surface area contributed by atoms with Crippen molar-refractivity contribution in [3.63, 3.8) is 0 Å². The van der Waals surface area contributed by atoms with Crippen LogP contribution in [0.1, 0.15) is 52.4 Å². The SMILES string of the molecule is CS[C@@H](CCCc1c(N)nc(N)[nH]c1=O)c1ccc(C(=O)N[C@@H](CCC(=O)O)C(=O)O)cc1. The van der Waals surface area contributed by atoms with Crippen LogP contribution >= 0.6 is 11.8 Å². The number of carbonyl (C=O) groups is 3. The Kier molecular flexibility index (Phi) is 9.28. The third-order valence-corrected chi connectivity index (χ3v) is 6.12. The number of amides is 1. The van der Waals surface area contributed by atoms with Crippen LogP contribution in [-0.4, -0.2) is 50.3 Å². The van der Waals surface area contributed by atoms with Crippen LogP contribution in [0, 0.1) is 0 Å². The van der Waals surface area contributed by atoms with E-state index in [1.807, 2.05) is 6.26 Å². The standard InChI is InChI=1S/C21H27N5O6S/c1-33-15(4-2-3-13-17(22)25-21(23)26-19(13)30)11-5-7-12(8-6-11)18(29)24-14(20(31)32)9-10-16(27)28/h5-8,14-15H,2-4,9-10H2,1H3,(H,24,29)(H,27,28)(H,31,32)(H5,22,23,25,26,30)/t14-,15-/m0/s1. The summed E-state index contributed by atoms with van der Waals surface area (Å²) in [5.41, 5.74) is 12.6. The van der Waals surface area contributed by atoms with Gasteiger partial charge in [0.05, 0.1) is 5.56 Å². The molecule has 0 radical (unpaired) electrons. The smallest absolute Gasteiger partial charge is 0.326 e. The van der Waals surface area contributed by atoms with Gasteiger partial charge in [-0.15, -0.1) is 0 Å². The highest BCUT2D eigenvalue weighted by atomic mass is 32.2. The number of aromatic nitrogens is 2. The lowest BCUT2D eigenvalue weighted by molar-refractivity contribution is -0.140. The summed E-state index contributed by atoms with van der Waals surface area (Å²) < 4.78 is 0. The van der Waals surface area contributed by atoms with Crippen molar-refractivity contribution < 1.29 is 24.6 Å². The van der Waals surface area contributed by atoms with E-state index in [0.29, 0.717) is 18.4 Å². The quantitative estimate of drug-likeness (QED) is 0.259. The van der Waals surface area contributed by atoms with Crippen molar-refractivity contribution in [3.8, 4) is 0 Å². The summed E-state index contributed by atoms with van der Waals surface area (Å²) >= 11 is 1.62. The number of nitrogen functional groups attached to an aromatic ring is 2. The topological polar surface area (TPSA) is 201 Å². The lowest BCUT2D eigenvalue weighted by Gasteiger charge is -2.16. The number of hydrogen-bond acceptors (Lipinski definition) is 8. The van der Waals surface area contributed by atoms with E-state index in [2.05, 4.69) is 15.3 Å². The van der Waals surface area contributed by atoms with Gasteiger partial charge in [-0.3, -0.25) is 19.4 Å². The summed E-state index contributed by atoms with van der Waals surface area (Å²) in [5.74, 6) is -2.92. The van der Waals surface area contributed by atoms with Crippen molar-refractivity contribution in [2.45, 2.75) is 43.4 Å². The summed E-state index contributed by atoms with van der Waals surface area (Å²) in [6.45, 7) is 0. The maximum atomic E-state index is 12.4. The average Bonchev–Trinajstić information content (AvgIpc) is 2.75. The second-order valence-corrected chi connectivity index (χ2v) is 8.39. The normalized spacial score (nSPS) is 12.6. The summed E-state index contributed by atoms with van der Waals surface area (Å²) in [5, 5.41) is 20.4. The zero-order chi connectivity index (χ0) is 24.5. The Hall–Kier alpha value is -3.54. The molecule has 8 N–H and O–H groups in total. The lowest BCUT2D eigenvalue weighted by atomic mass is 10.0. The fraction of sp³-hybridized carbons (Fsp3) is 0.381. The van der Waals surface area contributed by atoms with Crippen molar-refractivity contribution >= 4 is 41.4 Å². The molecule has 0 bridgehead atoms. The van der Waals surface area contributed by atoms with Gasteiger partial charge >= 0.3 is 11.9 Å². The monoisotopic (exact) mass is 477 g/mol. The molecule has 0 saturated heterocycles. The summed E-state index contributed by atoms with van der Waals surface area (Å²) in [4.78, 5) is 52.7. The molecule has 2 aromatic rings. The van der Waals surface area contributed by atoms with Crippen molar-refractivity contribution in [2.75, 3.05) is 17.7 Å². The highest BCUT2D eigenvalue weighted by Gasteiger charge is 2.22. The van der Waals surface area contributed by atoms with Gasteiger partial charge in [0.15, 0.2) is 0 Å². The predicted molar refractivity (Wildman–Crippen MR) is 125 cm³/mol. The molecule has 11 nitrogen and oxygen atoms in total. The van der Waals surface area contributed by atoms with Gasteiger partial charge in [-0.05, 0) is 49.6 Å². The summed E-state index contributed by atoms with van der Waals surface area (Å²) in [6.07, 6.45) is 3.24. The number of carboxylic acid groups (broad SMARTS) is 2. The number of aliphatic carboxylic acids is 2. The molecule has 1 amide bonds. The third-order valence-electron chi connectivity index (χ3n) is 5.04. The fourth-order valence-corrected chi connectivity index (χ4v) is 4.11. The molecule has 0 saturated carbocycles. The van der Waals surface area contributed by atoms with Crippen LogP contribution in [-0.2, 0) is 16.0 Å². The number of nitrogens with two attached hydrogens (primary N) is 2. The van der Waals surface area contributed by atoms with Gasteiger partial charge in [-0.25, -0.2) is 4.79 Å². The van der Waals surface area contributed by atoms with Crippen LogP contribution < -0.4 is 22.3 Å². The Labute approximate surface area is 194 Å². The Balaban J connectivity index is 1.99. The number of thioether (sulfide) groups is 1. The molecule has 0 fully saturated rings. The molecular weight excluding hydrogens is 450 g/mol. The van der Waals surface area contributed by atoms with Gasteiger partial charge < -0.3 is 27.0 Å². The van der Waals surface area contributed by atoms with Crippen LogP contribution in [0.4, 0.5) is 11.8 Å². The van der Waals surface area contributed by atoms with Gasteiger partial charge in [0.25, 0.3) is 11.5 Å². The van der Waals surface area contributed by atoms with Crippen LogP contribution in [0.15, 0.2) is 29.1 Å². The molecule has 0 spiro atoms. The van der Waals surface area contributed by atoms with Gasteiger partial charge in [0.1, 0.15) is 11.9 Å². The van der Waals surface area contributed by atoms with Crippen molar-refractivity contribution in [2.24, 2.45) is 0 Å². The van der Waals surface area contributed by atoms with E-state index < -0.39 is 23.9 Å². The van der Waals surface area contributed by atoms with E-state index in [9.17, 15) is 24.3 Å². The molecule has 0 aliphatic rings. The Bertz CT molecular complexity index is 1060. The molecule has 1 heterocycles. The van der Waals surface area contributed by atoms with E-state index in [1.165, 1.54) is 0 Å². The first kappa shape index (κ1) is 25.7. The molecule has 0 aliphatic carbocycles. The first-order valence-corrected chi connectivity index (χ1v) is 11.4. The van der Waals surface area contributed by atoms with Gasteiger partial charge in [0.2, 0.25) is 5.95 Å².